The maximum atomic E-state index is 9.72. The van der Waals surface area contributed by atoms with Crippen LogP contribution in [0.2, 0.25) is 0 Å². The van der Waals surface area contributed by atoms with Crippen molar-refractivity contribution < 1.29 is 14.3 Å². The van der Waals surface area contributed by atoms with Gasteiger partial charge in [0.25, 0.3) is 0 Å². The normalized spacial score (nSPS) is 11.0. The Morgan fingerprint density at radius 1 is 1.20 bits per heavy atom. The lowest BCUT2D eigenvalue weighted by atomic mass is 10.0. The Balaban J connectivity index is 2.16. The molecule has 1 aromatic carbocycles. The predicted octanol–water partition coefficient (Wildman–Crippen LogP) is 4.19. The van der Waals surface area contributed by atoms with Crippen LogP contribution in [-0.4, -0.2) is 36.8 Å². The highest BCUT2D eigenvalue weighted by molar-refractivity contribution is 5.73. The van der Waals surface area contributed by atoms with Crippen LogP contribution in [0.3, 0.4) is 0 Å². The molecule has 134 valence electrons. The molecule has 0 radical (unpaired) electrons. The molecule has 0 saturated carbocycles. The van der Waals surface area contributed by atoms with E-state index in [1.807, 2.05) is 19.1 Å². The number of aliphatic hydroxyl groups excluding tert-OH is 1. The van der Waals surface area contributed by atoms with Crippen molar-refractivity contribution in [2.24, 2.45) is 0 Å². The minimum atomic E-state index is -0.101. The Morgan fingerprint density at radius 3 is 2.48 bits per heavy atom. The van der Waals surface area contributed by atoms with Crippen LogP contribution in [0.25, 0.3) is 23.5 Å². The van der Waals surface area contributed by atoms with Crippen LogP contribution in [-0.2, 0) is 17.9 Å². The third-order valence-electron chi connectivity index (χ3n) is 4.11. The number of rotatable bonds is 10. The van der Waals surface area contributed by atoms with Gasteiger partial charge in [-0.1, -0.05) is 43.5 Å². The fourth-order valence-electron chi connectivity index (χ4n) is 2.78. The first-order chi connectivity index (χ1) is 12.1. The van der Waals surface area contributed by atoms with Gasteiger partial charge in [0.15, 0.2) is 0 Å². The zero-order valence-electron chi connectivity index (χ0n) is 15.1. The van der Waals surface area contributed by atoms with Crippen LogP contribution in [0.5, 0.6) is 0 Å². The highest BCUT2D eigenvalue weighted by Gasteiger charge is 2.17. The van der Waals surface area contributed by atoms with Gasteiger partial charge in [0.05, 0.1) is 13.2 Å². The predicted molar refractivity (Wildman–Crippen MR) is 103 cm³/mol. The number of benzene rings is 1. The van der Waals surface area contributed by atoms with Gasteiger partial charge in [0.1, 0.15) is 11.5 Å². The van der Waals surface area contributed by atoms with Crippen molar-refractivity contribution in [1.29, 1.82) is 0 Å². The van der Waals surface area contributed by atoms with E-state index in [9.17, 15) is 5.11 Å². The summed E-state index contributed by atoms with van der Waals surface area (Å²) in [6, 6.07) is 8.20. The Labute approximate surface area is 150 Å². The number of ether oxygens (including phenoxy) is 1. The first-order valence-corrected chi connectivity index (χ1v) is 8.51. The summed E-state index contributed by atoms with van der Waals surface area (Å²) in [4.78, 5) is 2.22. The van der Waals surface area contributed by atoms with Crippen LogP contribution in [0, 0.1) is 0 Å². The third kappa shape index (κ3) is 4.69. The van der Waals surface area contributed by atoms with E-state index in [1.165, 1.54) is 5.56 Å². The summed E-state index contributed by atoms with van der Waals surface area (Å²) in [5, 5.41) is 9.72. The Kier molecular flexibility index (Phi) is 7.19. The summed E-state index contributed by atoms with van der Waals surface area (Å²) >= 11 is 0. The first kappa shape index (κ1) is 19.2. The number of furan rings is 1. The Hall–Kier alpha value is -2.14. The van der Waals surface area contributed by atoms with E-state index in [2.05, 4.69) is 37.2 Å². The van der Waals surface area contributed by atoms with E-state index in [4.69, 9.17) is 9.15 Å². The van der Waals surface area contributed by atoms with Crippen molar-refractivity contribution in [3.8, 4) is 11.3 Å². The molecule has 4 nitrogen and oxygen atoms in total. The van der Waals surface area contributed by atoms with Crippen LogP contribution >= 0.6 is 0 Å². The lowest BCUT2D eigenvalue weighted by Crippen LogP contribution is -2.22. The molecule has 0 aliphatic heterocycles. The average molecular weight is 341 g/mol. The average Bonchev–Trinajstić information content (AvgIpc) is 3.00. The molecule has 2 aromatic rings. The molecular formula is C21H27NO3. The van der Waals surface area contributed by atoms with E-state index in [-0.39, 0.29) is 6.61 Å². The fraction of sp³-hybridized carbons (Fsp3) is 0.333. The zero-order valence-corrected chi connectivity index (χ0v) is 15.1. The highest BCUT2D eigenvalue weighted by Crippen LogP contribution is 2.33. The van der Waals surface area contributed by atoms with Gasteiger partial charge in [-0.3, -0.25) is 4.90 Å². The molecule has 0 spiro atoms. The number of likely N-dealkylation sites (N-methyl/N-ethyl adjacent to an activating group) is 1. The van der Waals surface area contributed by atoms with E-state index in [0.29, 0.717) is 11.5 Å². The number of aliphatic hydroxyl groups is 1. The van der Waals surface area contributed by atoms with Gasteiger partial charge < -0.3 is 14.3 Å². The maximum absolute atomic E-state index is 9.72. The monoisotopic (exact) mass is 341 g/mol. The van der Waals surface area contributed by atoms with Gasteiger partial charge in [-0.15, -0.1) is 0 Å². The molecule has 1 aromatic heterocycles. The largest absolute Gasteiger partial charge is 0.456 e. The lowest BCUT2D eigenvalue weighted by molar-refractivity contribution is 0.120. The molecule has 25 heavy (non-hydrogen) atoms. The van der Waals surface area contributed by atoms with Crippen molar-refractivity contribution in [3.05, 3.63) is 59.9 Å². The molecule has 0 amide bonds. The molecule has 0 fully saturated rings. The molecule has 0 saturated heterocycles. The second-order valence-electron chi connectivity index (χ2n) is 5.89. The van der Waals surface area contributed by atoms with Crippen molar-refractivity contribution in [2.75, 3.05) is 26.8 Å². The van der Waals surface area contributed by atoms with Crippen molar-refractivity contribution in [1.82, 2.24) is 4.90 Å². The van der Waals surface area contributed by atoms with Crippen molar-refractivity contribution in [2.45, 2.75) is 20.1 Å². The summed E-state index contributed by atoms with van der Waals surface area (Å²) in [7, 11) is 2.08. The molecular weight excluding hydrogens is 314 g/mol. The number of hydrogen-bond acceptors (Lipinski definition) is 4. The van der Waals surface area contributed by atoms with Crippen LogP contribution in [0.1, 0.15) is 29.4 Å². The van der Waals surface area contributed by atoms with E-state index >= 15 is 0 Å². The minimum Gasteiger partial charge on any atom is -0.456 e. The lowest BCUT2D eigenvalue weighted by Gasteiger charge is -2.16. The summed E-state index contributed by atoms with van der Waals surface area (Å²) in [5.74, 6) is 1.30. The zero-order chi connectivity index (χ0) is 18.2. The molecule has 2 rings (SSSR count). The van der Waals surface area contributed by atoms with Crippen molar-refractivity contribution >= 4 is 12.2 Å². The van der Waals surface area contributed by atoms with Gasteiger partial charge >= 0.3 is 0 Å². The topological polar surface area (TPSA) is 45.8 Å². The quantitative estimate of drug-likeness (QED) is 0.658. The SMILES string of the molecule is C=Cc1oc(-c2ccc(CN(C)CCOCC)cc2)c(CO)c1C=C. The summed E-state index contributed by atoms with van der Waals surface area (Å²) in [5.41, 5.74) is 3.69. The molecule has 0 bridgehead atoms. The second-order valence-corrected chi connectivity index (χ2v) is 5.89. The second kappa shape index (κ2) is 9.37. The van der Waals surface area contributed by atoms with Crippen LogP contribution < -0.4 is 0 Å². The summed E-state index contributed by atoms with van der Waals surface area (Å²) in [6.45, 7) is 12.7. The maximum Gasteiger partial charge on any atom is 0.140 e. The van der Waals surface area contributed by atoms with Crippen LogP contribution in [0.15, 0.2) is 41.8 Å². The molecule has 0 atom stereocenters. The smallest absolute Gasteiger partial charge is 0.140 e. The fourth-order valence-corrected chi connectivity index (χ4v) is 2.78. The molecule has 0 aliphatic carbocycles. The summed E-state index contributed by atoms with van der Waals surface area (Å²) < 4.78 is 11.3. The van der Waals surface area contributed by atoms with E-state index in [1.54, 1.807) is 12.2 Å². The van der Waals surface area contributed by atoms with E-state index in [0.717, 1.165) is 43.0 Å². The van der Waals surface area contributed by atoms with Crippen LogP contribution in [0.4, 0.5) is 0 Å². The van der Waals surface area contributed by atoms with Gasteiger partial charge in [0, 0.05) is 36.4 Å². The van der Waals surface area contributed by atoms with E-state index < -0.39 is 0 Å². The van der Waals surface area contributed by atoms with Gasteiger partial charge in [0.2, 0.25) is 0 Å². The molecule has 1 heterocycles. The highest BCUT2D eigenvalue weighted by atomic mass is 16.5. The molecule has 1 N–H and O–H groups in total. The third-order valence-corrected chi connectivity index (χ3v) is 4.11. The summed E-state index contributed by atoms with van der Waals surface area (Å²) in [6.07, 6.45) is 3.33. The molecule has 4 heteroatoms. The molecule has 0 aliphatic rings. The first-order valence-electron chi connectivity index (χ1n) is 8.51. The van der Waals surface area contributed by atoms with Crippen molar-refractivity contribution in [3.63, 3.8) is 0 Å². The number of hydrogen-bond donors (Lipinski definition) is 1. The number of nitrogens with zero attached hydrogens (tertiary/aromatic N) is 1. The Morgan fingerprint density at radius 2 is 1.92 bits per heavy atom. The standard InChI is InChI=1S/C21H27NO3/c1-5-18-19(15-23)21(25-20(18)6-2)17-10-8-16(9-11-17)14-22(4)12-13-24-7-3/h5-6,8-11,23H,1-2,7,12-15H2,3-4H3. The van der Waals surface area contributed by atoms with Gasteiger partial charge in [-0.25, -0.2) is 0 Å². The van der Waals surface area contributed by atoms with Gasteiger partial charge in [-0.2, -0.15) is 0 Å². The minimum absolute atomic E-state index is 0.101. The Bertz CT molecular complexity index is 701. The molecule has 0 unspecified atom stereocenters. The van der Waals surface area contributed by atoms with Gasteiger partial charge in [-0.05, 0) is 25.6 Å².